The highest BCUT2D eigenvalue weighted by atomic mass is 19.1. The van der Waals surface area contributed by atoms with Crippen LogP contribution in [0.1, 0.15) is 16.1 Å². The van der Waals surface area contributed by atoms with E-state index in [4.69, 9.17) is 4.74 Å². The van der Waals surface area contributed by atoms with E-state index in [0.29, 0.717) is 18.0 Å². The molecular weight excluding hydrogens is 335 g/mol. The van der Waals surface area contributed by atoms with Crippen molar-refractivity contribution in [3.05, 3.63) is 77.9 Å². The van der Waals surface area contributed by atoms with Crippen LogP contribution in [0.5, 0.6) is 5.75 Å². The van der Waals surface area contributed by atoms with Gasteiger partial charge in [0.2, 0.25) is 5.95 Å². The van der Waals surface area contributed by atoms with Crippen molar-refractivity contribution in [2.75, 3.05) is 12.4 Å². The summed E-state index contributed by atoms with van der Waals surface area (Å²) in [6, 6.07) is 14.8. The minimum Gasteiger partial charge on any atom is -0.496 e. The Bertz CT molecular complexity index is 917. The lowest BCUT2D eigenvalue weighted by Gasteiger charge is -2.10. The van der Waals surface area contributed by atoms with E-state index in [2.05, 4.69) is 20.6 Å². The van der Waals surface area contributed by atoms with Gasteiger partial charge in [0.15, 0.2) is 0 Å². The molecule has 0 aliphatic heterocycles. The third kappa shape index (κ3) is 4.32. The van der Waals surface area contributed by atoms with Gasteiger partial charge in [-0.3, -0.25) is 4.79 Å². The second-order valence-electron chi connectivity index (χ2n) is 5.40. The van der Waals surface area contributed by atoms with Gasteiger partial charge in [0, 0.05) is 24.0 Å². The van der Waals surface area contributed by atoms with Gasteiger partial charge in [0.25, 0.3) is 5.91 Å². The van der Waals surface area contributed by atoms with Crippen LogP contribution in [0, 0.1) is 5.82 Å². The molecule has 7 heteroatoms. The summed E-state index contributed by atoms with van der Waals surface area (Å²) in [5.74, 6) is 0.186. The minimum absolute atomic E-state index is 0.203. The number of nitrogens with zero attached hydrogens (tertiary/aromatic N) is 2. The molecule has 2 aromatic carbocycles. The quantitative estimate of drug-likeness (QED) is 0.712. The molecule has 2 N–H and O–H groups in total. The fourth-order valence-electron chi connectivity index (χ4n) is 2.36. The summed E-state index contributed by atoms with van der Waals surface area (Å²) in [6.45, 7) is 0.305. The molecule has 6 nitrogen and oxygen atoms in total. The molecule has 3 rings (SSSR count). The molecule has 132 valence electrons. The number of aromatic nitrogens is 2. The van der Waals surface area contributed by atoms with Gasteiger partial charge in [-0.15, -0.1) is 0 Å². The monoisotopic (exact) mass is 352 g/mol. The molecular formula is C19H17FN4O2. The van der Waals surface area contributed by atoms with Crippen LogP contribution in [0.2, 0.25) is 0 Å². The number of carbonyl (C=O) groups excluding carboxylic acids is 1. The van der Waals surface area contributed by atoms with Crippen molar-refractivity contribution in [3.63, 3.8) is 0 Å². The van der Waals surface area contributed by atoms with E-state index in [1.807, 2.05) is 24.3 Å². The van der Waals surface area contributed by atoms with E-state index >= 15 is 0 Å². The van der Waals surface area contributed by atoms with E-state index in [9.17, 15) is 9.18 Å². The van der Waals surface area contributed by atoms with Crippen LogP contribution >= 0.6 is 0 Å². The van der Waals surface area contributed by atoms with Gasteiger partial charge in [-0.2, -0.15) is 0 Å². The van der Waals surface area contributed by atoms with Gasteiger partial charge in [-0.25, -0.2) is 14.4 Å². The first-order valence-corrected chi connectivity index (χ1v) is 7.91. The summed E-state index contributed by atoms with van der Waals surface area (Å²) < 4.78 is 18.5. The summed E-state index contributed by atoms with van der Waals surface area (Å²) in [7, 11) is 1.58. The Morgan fingerprint density at radius 3 is 2.81 bits per heavy atom. The summed E-state index contributed by atoms with van der Waals surface area (Å²) >= 11 is 0. The third-order valence-electron chi connectivity index (χ3n) is 3.60. The van der Waals surface area contributed by atoms with Crippen molar-refractivity contribution in [1.29, 1.82) is 0 Å². The molecule has 3 aromatic rings. The molecule has 0 fully saturated rings. The van der Waals surface area contributed by atoms with Crippen LogP contribution in [0.25, 0.3) is 0 Å². The molecule has 0 bridgehead atoms. The van der Waals surface area contributed by atoms with Crippen molar-refractivity contribution in [2.45, 2.75) is 6.54 Å². The molecule has 0 radical (unpaired) electrons. The number of halogens is 1. The fraction of sp³-hybridized carbons (Fsp3) is 0.105. The van der Waals surface area contributed by atoms with Crippen molar-refractivity contribution in [3.8, 4) is 5.75 Å². The summed E-state index contributed by atoms with van der Waals surface area (Å²) in [4.78, 5) is 20.6. The number of amides is 1. The first-order chi connectivity index (χ1) is 12.7. The number of carbonyl (C=O) groups is 1. The van der Waals surface area contributed by atoms with Gasteiger partial charge < -0.3 is 15.4 Å². The van der Waals surface area contributed by atoms with Crippen LogP contribution in [-0.4, -0.2) is 23.0 Å². The number of hydrogen-bond acceptors (Lipinski definition) is 5. The van der Waals surface area contributed by atoms with Gasteiger partial charge in [0.05, 0.1) is 7.11 Å². The molecule has 0 saturated heterocycles. The Labute approximate surface area is 150 Å². The van der Waals surface area contributed by atoms with Crippen molar-refractivity contribution < 1.29 is 13.9 Å². The van der Waals surface area contributed by atoms with Gasteiger partial charge in [0.1, 0.15) is 17.3 Å². The van der Waals surface area contributed by atoms with E-state index in [-0.39, 0.29) is 23.4 Å². The van der Waals surface area contributed by atoms with Crippen LogP contribution in [0.3, 0.4) is 0 Å². The molecule has 1 amide bonds. The maximum Gasteiger partial charge on any atom is 0.270 e. The topological polar surface area (TPSA) is 76.1 Å². The van der Waals surface area contributed by atoms with Crippen LogP contribution in [0.15, 0.2) is 60.8 Å². The highest BCUT2D eigenvalue weighted by Gasteiger charge is 2.10. The van der Waals surface area contributed by atoms with Gasteiger partial charge in [-0.1, -0.05) is 24.3 Å². The number of benzene rings is 2. The predicted molar refractivity (Wildman–Crippen MR) is 95.9 cm³/mol. The second-order valence-corrected chi connectivity index (χ2v) is 5.40. The Morgan fingerprint density at radius 2 is 2.00 bits per heavy atom. The zero-order valence-electron chi connectivity index (χ0n) is 14.1. The van der Waals surface area contributed by atoms with Crippen LogP contribution in [-0.2, 0) is 6.54 Å². The molecule has 1 heterocycles. The Balaban J connectivity index is 1.68. The molecule has 1 aromatic heterocycles. The number of hydrogen-bond donors (Lipinski definition) is 2. The first kappa shape index (κ1) is 17.3. The maximum absolute atomic E-state index is 13.2. The van der Waals surface area contributed by atoms with Crippen molar-refractivity contribution in [1.82, 2.24) is 15.3 Å². The largest absolute Gasteiger partial charge is 0.496 e. The highest BCUT2D eigenvalue weighted by Crippen LogP contribution is 2.17. The lowest BCUT2D eigenvalue weighted by Crippen LogP contribution is -2.24. The van der Waals surface area contributed by atoms with E-state index in [1.54, 1.807) is 19.2 Å². The highest BCUT2D eigenvalue weighted by molar-refractivity contribution is 5.92. The van der Waals surface area contributed by atoms with Crippen molar-refractivity contribution >= 4 is 17.5 Å². The number of rotatable bonds is 6. The SMILES string of the molecule is COc1ccccc1CNC(=O)c1ccnc(Nc2cccc(F)c2)n1. The molecule has 0 unspecified atom stereocenters. The smallest absolute Gasteiger partial charge is 0.270 e. The van der Waals surface area contributed by atoms with Crippen LogP contribution < -0.4 is 15.4 Å². The van der Waals surface area contributed by atoms with E-state index < -0.39 is 0 Å². The molecule has 26 heavy (non-hydrogen) atoms. The molecule has 0 aliphatic rings. The standard InChI is InChI=1S/C19H17FN4O2/c1-26-17-8-3-2-5-13(17)12-22-18(25)16-9-10-21-19(24-16)23-15-7-4-6-14(20)11-15/h2-11H,12H2,1H3,(H,22,25)(H,21,23,24). The molecule has 0 atom stereocenters. The second kappa shape index (κ2) is 8.06. The van der Waals surface area contributed by atoms with E-state index in [1.165, 1.54) is 24.4 Å². The summed E-state index contributed by atoms with van der Waals surface area (Å²) in [5.41, 5.74) is 1.56. The molecule has 0 aliphatic carbocycles. The Morgan fingerprint density at radius 1 is 1.15 bits per heavy atom. The first-order valence-electron chi connectivity index (χ1n) is 7.91. The van der Waals surface area contributed by atoms with Crippen molar-refractivity contribution in [2.24, 2.45) is 0 Å². The van der Waals surface area contributed by atoms with Gasteiger partial charge >= 0.3 is 0 Å². The summed E-state index contributed by atoms with van der Waals surface area (Å²) in [6.07, 6.45) is 1.46. The minimum atomic E-state index is -0.374. The number of methoxy groups -OCH3 is 1. The van der Waals surface area contributed by atoms with Crippen LogP contribution in [0.4, 0.5) is 16.0 Å². The fourth-order valence-corrected chi connectivity index (χ4v) is 2.36. The zero-order valence-corrected chi connectivity index (χ0v) is 14.1. The maximum atomic E-state index is 13.2. The Kier molecular flexibility index (Phi) is 5.38. The average Bonchev–Trinajstić information content (AvgIpc) is 2.66. The zero-order chi connectivity index (χ0) is 18.4. The predicted octanol–water partition coefficient (Wildman–Crippen LogP) is 3.30. The third-order valence-corrected chi connectivity index (χ3v) is 3.60. The van der Waals surface area contributed by atoms with E-state index in [0.717, 1.165) is 5.56 Å². The molecule has 0 spiro atoms. The lowest BCUT2D eigenvalue weighted by atomic mass is 10.2. The average molecular weight is 352 g/mol. The summed E-state index contributed by atoms with van der Waals surface area (Å²) in [5, 5.41) is 5.66. The lowest BCUT2D eigenvalue weighted by molar-refractivity contribution is 0.0945. The number of nitrogens with one attached hydrogen (secondary N) is 2. The van der Waals surface area contributed by atoms with Gasteiger partial charge in [-0.05, 0) is 30.3 Å². The number of ether oxygens (including phenoxy) is 1. The normalized spacial score (nSPS) is 10.2. The number of para-hydroxylation sites is 1. The Hall–Kier alpha value is -3.48. The number of anilines is 2. The molecule has 0 saturated carbocycles.